The molecule has 0 unspecified atom stereocenters. The van der Waals surface area contributed by atoms with Crippen LogP contribution in [0, 0.1) is 12.7 Å². The maximum atomic E-state index is 13.9. The Morgan fingerprint density at radius 3 is 2.38 bits per heavy atom. The topological polar surface area (TPSA) is 77.7 Å². The van der Waals surface area contributed by atoms with E-state index in [0.717, 1.165) is 10.7 Å². The maximum Gasteiger partial charge on any atom is 0.417 e. The molecule has 0 saturated carbocycles. The fourth-order valence-electron chi connectivity index (χ4n) is 3.22. The summed E-state index contributed by atoms with van der Waals surface area (Å²) in [4.78, 5) is 7.80. The summed E-state index contributed by atoms with van der Waals surface area (Å²) in [7, 11) is -3.81. The summed E-state index contributed by atoms with van der Waals surface area (Å²) in [6, 6.07) is 6.48. The molecule has 3 heterocycles. The van der Waals surface area contributed by atoms with Crippen LogP contribution in [0.1, 0.15) is 18.1 Å². The van der Waals surface area contributed by atoms with Crippen molar-refractivity contribution in [2.75, 3.05) is 5.75 Å². The maximum absolute atomic E-state index is 13.9. The highest BCUT2D eigenvalue weighted by Crippen LogP contribution is 2.31. The molecule has 0 radical (unpaired) electrons. The number of hydrogen-bond donors (Lipinski definition) is 0. The third-order valence-corrected chi connectivity index (χ3v) is 6.56. The van der Waals surface area contributed by atoms with Gasteiger partial charge in [-0.2, -0.15) is 18.3 Å². The van der Waals surface area contributed by atoms with Gasteiger partial charge in [0.2, 0.25) is 0 Å². The minimum absolute atomic E-state index is 0.0636. The van der Waals surface area contributed by atoms with Gasteiger partial charge in [-0.15, -0.1) is 0 Å². The van der Waals surface area contributed by atoms with Crippen molar-refractivity contribution in [2.45, 2.75) is 24.9 Å². The Morgan fingerprint density at radius 1 is 0.969 bits per heavy atom. The van der Waals surface area contributed by atoms with Crippen LogP contribution in [0.15, 0.2) is 53.8 Å². The molecule has 0 atom stereocenters. The van der Waals surface area contributed by atoms with Gasteiger partial charge in [-0.05, 0) is 42.3 Å². The zero-order valence-electron chi connectivity index (χ0n) is 16.9. The molecule has 11 heteroatoms. The van der Waals surface area contributed by atoms with E-state index in [1.807, 2.05) is 0 Å². The van der Waals surface area contributed by atoms with Crippen LogP contribution in [0.5, 0.6) is 0 Å². The number of halogens is 4. The minimum Gasteiger partial charge on any atom is -0.252 e. The summed E-state index contributed by atoms with van der Waals surface area (Å²) in [5.74, 6) is -0.811. The van der Waals surface area contributed by atoms with Gasteiger partial charge in [0.1, 0.15) is 21.7 Å². The van der Waals surface area contributed by atoms with Gasteiger partial charge in [-0.1, -0.05) is 13.0 Å². The zero-order valence-corrected chi connectivity index (χ0v) is 17.7. The lowest BCUT2D eigenvalue weighted by molar-refractivity contribution is -0.137. The summed E-state index contributed by atoms with van der Waals surface area (Å²) < 4.78 is 79.5. The normalized spacial score (nSPS) is 12.4. The number of pyridine rings is 2. The Bertz CT molecular complexity index is 1430. The number of benzene rings is 1. The second-order valence-electron chi connectivity index (χ2n) is 7.17. The fourth-order valence-corrected chi connectivity index (χ4v) is 4.26. The van der Waals surface area contributed by atoms with E-state index in [2.05, 4.69) is 15.1 Å². The number of rotatable bonds is 4. The predicted molar refractivity (Wildman–Crippen MR) is 110 cm³/mol. The molecular formula is C21H16F4N4O2S. The average Bonchev–Trinajstić information content (AvgIpc) is 3.15. The standard InChI is InChI=1S/C21H16F4N4O2S/c1-3-32(30,31)19-7-14(13-4-12(2)5-16(22)6-13)9-27-20(19)29-11-18-17(28-29)8-15(10-26-18)21(23,24)25/h4-11H,3H2,1-2H3. The van der Waals surface area contributed by atoms with E-state index in [9.17, 15) is 26.0 Å². The van der Waals surface area contributed by atoms with Crippen LogP contribution < -0.4 is 0 Å². The molecule has 6 nitrogen and oxygen atoms in total. The van der Waals surface area contributed by atoms with Crippen LogP contribution in [0.3, 0.4) is 0 Å². The van der Waals surface area contributed by atoms with E-state index in [1.165, 1.54) is 37.5 Å². The smallest absolute Gasteiger partial charge is 0.252 e. The summed E-state index contributed by atoms with van der Waals surface area (Å²) in [6.45, 7) is 3.16. The first-order valence-corrected chi connectivity index (χ1v) is 11.1. The van der Waals surface area contributed by atoms with Crippen LogP contribution >= 0.6 is 0 Å². The van der Waals surface area contributed by atoms with Crippen molar-refractivity contribution < 1.29 is 26.0 Å². The number of fused-ring (bicyclic) bond motifs is 1. The molecule has 4 aromatic rings. The lowest BCUT2D eigenvalue weighted by atomic mass is 10.1. The number of hydrogen-bond acceptors (Lipinski definition) is 5. The molecule has 0 spiro atoms. The Kier molecular flexibility index (Phi) is 5.24. The largest absolute Gasteiger partial charge is 0.417 e. The van der Waals surface area contributed by atoms with Crippen LogP contribution in [0.4, 0.5) is 17.6 Å². The zero-order chi connectivity index (χ0) is 23.3. The summed E-state index contributed by atoms with van der Waals surface area (Å²) >= 11 is 0. The van der Waals surface area contributed by atoms with E-state index in [0.29, 0.717) is 22.9 Å². The highest BCUT2D eigenvalue weighted by molar-refractivity contribution is 7.91. The van der Waals surface area contributed by atoms with Crippen molar-refractivity contribution in [3.8, 4) is 16.9 Å². The van der Waals surface area contributed by atoms with Crippen molar-refractivity contribution in [3.05, 3.63) is 65.9 Å². The first-order chi connectivity index (χ1) is 15.0. The SMILES string of the molecule is CCS(=O)(=O)c1cc(-c2cc(C)cc(F)c2)cnc1-n1cc2ncc(C(F)(F)F)cc2n1. The van der Waals surface area contributed by atoms with Gasteiger partial charge >= 0.3 is 6.18 Å². The molecule has 166 valence electrons. The van der Waals surface area contributed by atoms with E-state index >= 15 is 0 Å². The van der Waals surface area contributed by atoms with E-state index in [1.54, 1.807) is 13.0 Å². The van der Waals surface area contributed by atoms with Crippen LogP contribution in [-0.2, 0) is 16.0 Å². The number of sulfone groups is 1. The summed E-state index contributed by atoms with van der Waals surface area (Å²) in [5, 5.41) is 4.06. The first kappa shape index (κ1) is 21.9. The molecule has 0 aliphatic heterocycles. The van der Waals surface area contributed by atoms with Gasteiger partial charge < -0.3 is 0 Å². The number of aromatic nitrogens is 4. The molecular weight excluding hydrogens is 448 g/mol. The molecule has 1 aromatic carbocycles. The summed E-state index contributed by atoms with van der Waals surface area (Å²) in [5.41, 5.74) is 0.569. The molecule has 0 fully saturated rings. The number of nitrogens with zero attached hydrogens (tertiary/aromatic N) is 4. The first-order valence-electron chi connectivity index (χ1n) is 9.41. The molecule has 32 heavy (non-hydrogen) atoms. The lowest BCUT2D eigenvalue weighted by Crippen LogP contribution is -2.11. The highest BCUT2D eigenvalue weighted by Gasteiger charge is 2.31. The van der Waals surface area contributed by atoms with Gasteiger partial charge in [0.05, 0.1) is 17.5 Å². The average molecular weight is 464 g/mol. The van der Waals surface area contributed by atoms with Crippen LogP contribution in [0.2, 0.25) is 0 Å². The quantitative estimate of drug-likeness (QED) is 0.408. The van der Waals surface area contributed by atoms with E-state index in [-0.39, 0.29) is 27.5 Å². The van der Waals surface area contributed by atoms with Crippen molar-refractivity contribution >= 4 is 20.9 Å². The van der Waals surface area contributed by atoms with Gasteiger partial charge in [-0.25, -0.2) is 22.5 Å². The third-order valence-electron chi connectivity index (χ3n) is 4.83. The van der Waals surface area contributed by atoms with Crippen molar-refractivity contribution in [1.29, 1.82) is 0 Å². The Labute approximate surface area is 180 Å². The van der Waals surface area contributed by atoms with E-state index in [4.69, 9.17) is 0 Å². The minimum atomic E-state index is -4.59. The number of aryl methyl sites for hydroxylation is 1. The predicted octanol–water partition coefficient (Wildman–Crippen LogP) is 4.74. The molecule has 4 rings (SSSR count). The highest BCUT2D eigenvalue weighted by atomic mass is 32.2. The molecule has 3 aromatic heterocycles. The van der Waals surface area contributed by atoms with E-state index < -0.39 is 27.4 Å². The third kappa shape index (κ3) is 4.07. The molecule has 0 bridgehead atoms. The molecule has 0 N–H and O–H groups in total. The molecule has 0 saturated heterocycles. The van der Waals surface area contributed by atoms with Gasteiger partial charge in [0, 0.05) is 18.0 Å². The molecule has 0 aliphatic rings. The van der Waals surface area contributed by atoms with Gasteiger partial charge in [-0.3, -0.25) is 4.98 Å². The Hall–Kier alpha value is -3.34. The second-order valence-corrected chi connectivity index (χ2v) is 9.41. The monoisotopic (exact) mass is 464 g/mol. The van der Waals surface area contributed by atoms with Gasteiger partial charge in [0.25, 0.3) is 0 Å². The van der Waals surface area contributed by atoms with Gasteiger partial charge in [0.15, 0.2) is 15.7 Å². The fraction of sp³-hybridized carbons (Fsp3) is 0.190. The summed E-state index contributed by atoms with van der Waals surface area (Å²) in [6.07, 6.45) is -1.25. The molecule has 0 amide bonds. The number of alkyl halides is 3. The van der Waals surface area contributed by atoms with Crippen molar-refractivity contribution in [3.63, 3.8) is 0 Å². The van der Waals surface area contributed by atoms with Crippen molar-refractivity contribution in [1.82, 2.24) is 19.7 Å². The Morgan fingerprint density at radius 2 is 1.72 bits per heavy atom. The molecule has 0 aliphatic carbocycles. The van der Waals surface area contributed by atoms with Crippen LogP contribution in [-0.4, -0.2) is 33.9 Å². The lowest BCUT2D eigenvalue weighted by Gasteiger charge is -2.11. The van der Waals surface area contributed by atoms with Crippen LogP contribution in [0.25, 0.3) is 28.0 Å². The Balaban J connectivity index is 1.90. The second kappa shape index (κ2) is 7.66. The van der Waals surface area contributed by atoms with Crippen molar-refractivity contribution in [2.24, 2.45) is 0 Å².